The standard InChI is InChI=1S/C8H17NO3/c10-7-8(11)6-9-2-1-4-12-5-3-9/h8,10-11H,1-7H2. The summed E-state index contributed by atoms with van der Waals surface area (Å²) in [5.74, 6) is 0. The van der Waals surface area contributed by atoms with Crippen LogP contribution in [-0.2, 0) is 4.74 Å². The molecular formula is C8H17NO3. The molecule has 0 aliphatic carbocycles. The number of nitrogens with zero attached hydrogens (tertiary/aromatic N) is 1. The van der Waals surface area contributed by atoms with Gasteiger partial charge in [0.25, 0.3) is 0 Å². The van der Waals surface area contributed by atoms with Gasteiger partial charge in [0.2, 0.25) is 0 Å². The predicted octanol–water partition coefficient (Wildman–Crippen LogP) is -0.938. The van der Waals surface area contributed by atoms with Gasteiger partial charge >= 0.3 is 0 Å². The third kappa shape index (κ3) is 3.49. The van der Waals surface area contributed by atoms with Crippen LogP contribution in [0.5, 0.6) is 0 Å². The third-order valence-electron chi connectivity index (χ3n) is 1.99. The van der Waals surface area contributed by atoms with Gasteiger partial charge in [0, 0.05) is 26.2 Å². The summed E-state index contributed by atoms with van der Waals surface area (Å²) in [4.78, 5) is 2.12. The zero-order valence-electron chi connectivity index (χ0n) is 7.28. The number of β-amino-alcohol motifs (C(OH)–C–C–N with tert-alkyl or cyclic N) is 1. The van der Waals surface area contributed by atoms with E-state index in [1.54, 1.807) is 0 Å². The van der Waals surface area contributed by atoms with Gasteiger partial charge in [0.05, 0.1) is 19.3 Å². The van der Waals surface area contributed by atoms with Gasteiger partial charge in [-0.1, -0.05) is 0 Å². The van der Waals surface area contributed by atoms with Crippen molar-refractivity contribution in [2.45, 2.75) is 12.5 Å². The molecule has 1 atom stereocenters. The summed E-state index contributed by atoms with van der Waals surface area (Å²) in [5, 5.41) is 17.8. The second-order valence-electron chi connectivity index (χ2n) is 3.10. The first-order chi connectivity index (χ1) is 5.83. The van der Waals surface area contributed by atoms with E-state index < -0.39 is 6.10 Å². The molecule has 1 heterocycles. The van der Waals surface area contributed by atoms with Crippen LogP contribution < -0.4 is 0 Å². The summed E-state index contributed by atoms with van der Waals surface area (Å²) in [6.07, 6.45) is 0.404. The molecule has 0 bridgehead atoms. The van der Waals surface area contributed by atoms with Gasteiger partial charge in [-0.05, 0) is 6.42 Å². The van der Waals surface area contributed by atoms with Gasteiger partial charge in [0.15, 0.2) is 0 Å². The van der Waals surface area contributed by atoms with Crippen molar-refractivity contribution in [1.82, 2.24) is 4.90 Å². The van der Waals surface area contributed by atoms with E-state index in [4.69, 9.17) is 14.9 Å². The molecule has 0 aromatic heterocycles. The molecule has 1 aliphatic rings. The van der Waals surface area contributed by atoms with Crippen LogP contribution in [0.2, 0.25) is 0 Å². The highest BCUT2D eigenvalue weighted by Crippen LogP contribution is 1.99. The molecular weight excluding hydrogens is 158 g/mol. The fraction of sp³-hybridized carbons (Fsp3) is 1.00. The minimum Gasteiger partial charge on any atom is -0.394 e. The molecule has 1 saturated heterocycles. The maximum absolute atomic E-state index is 9.17. The van der Waals surface area contributed by atoms with Gasteiger partial charge in [-0.2, -0.15) is 0 Å². The Hall–Kier alpha value is -0.160. The summed E-state index contributed by atoms with van der Waals surface area (Å²) < 4.78 is 5.25. The Morgan fingerprint density at radius 3 is 2.92 bits per heavy atom. The zero-order valence-corrected chi connectivity index (χ0v) is 7.28. The van der Waals surface area contributed by atoms with Gasteiger partial charge in [0.1, 0.15) is 0 Å². The number of ether oxygens (including phenoxy) is 1. The van der Waals surface area contributed by atoms with E-state index in [2.05, 4.69) is 4.90 Å². The van der Waals surface area contributed by atoms with E-state index in [1.165, 1.54) is 0 Å². The maximum atomic E-state index is 9.17. The SMILES string of the molecule is OCC(O)CN1CCCOCC1. The molecule has 1 fully saturated rings. The fourth-order valence-corrected chi connectivity index (χ4v) is 1.34. The molecule has 4 nitrogen and oxygen atoms in total. The second kappa shape index (κ2) is 5.48. The lowest BCUT2D eigenvalue weighted by molar-refractivity contribution is 0.0574. The summed E-state index contributed by atoms with van der Waals surface area (Å²) in [7, 11) is 0. The van der Waals surface area contributed by atoms with Crippen LogP contribution in [0.15, 0.2) is 0 Å². The van der Waals surface area contributed by atoms with Crippen LogP contribution in [0.3, 0.4) is 0 Å². The van der Waals surface area contributed by atoms with E-state index in [1.807, 2.05) is 0 Å². The van der Waals surface area contributed by atoms with E-state index in [-0.39, 0.29) is 6.61 Å². The monoisotopic (exact) mass is 175 g/mol. The van der Waals surface area contributed by atoms with E-state index in [0.717, 1.165) is 32.7 Å². The van der Waals surface area contributed by atoms with Crippen LogP contribution in [0.1, 0.15) is 6.42 Å². The molecule has 12 heavy (non-hydrogen) atoms. The zero-order chi connectivity index (χ0) is 8.81. The van der Waals surface area contributed by atoms with Crippen LogP contribution in [0, 0.1) is 0 Å². The maximum Gasteiger partial charge on any atom is 0.0897 e. The topological polar surface area (TPSA) is 52.9 Å². The summed E-state index contributed by atoms with van der Waals surface area (Å²) in [6.45, 7) is 3.76. The number of hydrogen-bond donors (Lipinski definition) is 2. The molecule has 72 valence electrons. The van der Waals surface area contributed by atoms with Gasteiger partial charge < -0.3 is 14.9 Å². The average molecular weight is 175 g/mol. The Balaban J connectivity index is 2.20. The van der Waals surface area contributed by atoms with Crippen molar-refractivity contribution in [3.8, 4) is 0 Å². The van der Waals surface area contributed by atoms with Crippen molar-refractivity contribution in [2.75, 3.05) is 39.5 Å². The normalized spacial score (nSPS) is 23.5. The molecule has 0 aromatic carbocycles. The van der Waals surface area contributed by atoms with Crippen molar-refractivity contribution < 1.29 is 14.9 Å². The fourth-order valence-electron chi connectivity index (χ4n) is 1.34. The molecule has 4 heteroatoms. The summed E-state index contributed by atoms with van der Waals surface area (Å²) in [5.41, 5.74) is 0. The first-order valence-electron chi connectivity index (χ1n) is 4.42. The van der Waals surface area contributed by atoms with Crippen LogP contribution >= 0.6 is 0 Å². The quantitative estimate of drug-likeness (QED) is 0.581. The lowest BCUT2D eigenvalue weighted by Crippen LogP contribution is -2.35. The lowest BCUT2D eigenvalue weighted by atomic mass is 10.3. The summed E-state index contributed by atoms with van der Waals surface area (Å²) in [6, 6.07) is 0. The van der Waals surface area contributed by atoms with Crippen molar-refractivity contribution in [2.24, 2.45) is 0 Å². The van der Waals surface area contributed by atoms with Crippen LogP contribution in [0.4, 0.5) is 0 Å². The largest absolute Gasteiger partial charge is 0.394 e. The predicted molar refractivity (Wildman–Crippen MR) is 45.0 cm³/mol. The molecule has 1 unspecified atom stereocenters. The highest BCUT2D eigenvalue weighted by Gasteiger charge is 2.12. The van der Waals surface area contributed by atoms with E-state index in [0.29, 0.717) is 6.54 Å². The minimum absolute atomic E-state index is 0.155. The van der Waals surface area contributed by atoms with E-state index >= 15 is 0 Å². The molecule has 0 amide bonds. The Bertz CT molecular complexity index is 113. The lowest BCUT2D eigenvalue weighted by Gasteiger charge is -2.21. The van der Waals surface area contributed by atoms with Crippen molar-refractivity contribution in [1.29, 1.82) is 0 Å². The van der Waals surface area contributed by atoms with Crippen LogP contribution in [0.25, 0.3) is 0 Å². The number of aliphatic hydroxyl groups excluding tert-OH is 2. The molecule has 1 rings (SSSR count). The van der Waals surface area contributed by atoms with Crippen molar-refractivity contribution in [3.05, 3.63) is 0 Å². The van der Waals surface area contributed by atoms with Crippen molar-refractivity contribution in [3.63, 3.8) is 0 Å². The van der Waals surface area contributed by atoms with Gasteiger partial charge in [-0.25, -0.2) is 0 Å². The van der Waals surface area contributed by atoms with E-state index in [9.17, 15) is 0 Å². The van der Waals surface area contributed by atoms with Gasteiger partial charge in [-0.15, -0.1) is 0 Å². The smallest absolute Gasteiger partial charge is 0.0897 e. The highest BCUT2D eigenvalue weighted by atomic mass is 16.5. The number of hydrogen-bond acceptors (Lipinski definition) is 4. The average Bonchev–Trinajstić information content (AvgIpc) is 2.33. The first kappa shape index (κ1) is 9.92. The Morgan fingerprint density at radius 1 is 1.33 bits per heavy atom. The van der Waals surface area contributed by atoms with Crippen LogP contribution in [-0.4, -0.2) is 60.7 Å². The first-order valence-corrected chi connectivity index (χ1v) is 4.42. The molecule has 0 radical (unpaired) electrons. The number of aliphatic hydroxyl groups is 2. The Labute approximate surface area is 72.7 Å². The highest BCUT2D eigenvalue weighted by molar-refractivity contribution is 4.65. The molecule has 2 N–H and O–H groups in total. The number of rotatable bonds is 3. The summed E-state index contributed by atoms with van der Waals surface area (Å²) >= 11 is 0. The second-order valence-corrected chi connectivity index (χ2v) is 3.10. The Morgan fingerprint density at radius 2 is 2.17 bits per heavy atom. The van der Waals surface area contributed by atoms with Gasteiger partial charge in [-0.3, -0.25) is 4.90 Å². The third-order valence-corrected chi connectivity index (χ3v) is 1.99. The molecule has 0 aromatic rings. The Kier molecular flexibility index (Phi) is 4.53. The van der Waals surface area contributed by atoms with Crippen molar-refractivity contribution >= 4 is 0 Å². The minimum atomic E-state index is -0.608. The molecule has 1 aliphatic heterocycles. The molecule has 0 spiro atoms. The molecule has 0 saturated carbocycles.